The first kappa shape index (κ1) is 27.2. The average molecular weight is 576 g/mol. The lowest BCUT2D eigenvalue weighted by atomic mass is 10.2. The molecule has 1 amide bonds. The van der Waals surface area contributed by atoms with Crippen molar-refractivity contribution < 1.29 is 27.7 Å². The Balaban J connectivity index is 1.43. The molecule has 15 heteroatoms. The van der Waals surface area contributed by atoms with Crippen LogP contribution in [0.1, 0.15) is 24.2 Å². The Morgan fingerprint density at radius 1 is 1.18 bits per heavy atom. The van der Waals surface area contributed by atoms with E-state index in [1.165, 1.54) is 11.8 Å². The number of aromatic nitrogens is 3. The summed E-state index contributed by atoms with van der Waals surface area (Å²) in [5, 5.41) is 14.1. The van der Waals surface area contributed by atoms with E-state index in [0.29, 0.717) is 22.8 Å². The van der Waals surface area contributed by atoms with Crippen molar-refractivity contribution in [2.24, 2.45) is 0 Å². The van der Waals surface area contributed by atoms with Crippen molar-refractivity contribution in [1.29, 1.82) is 0 Å². The number of benzene rings is 2. The van der Waals surface area contributed by atoms with Gasteiger partial charge >= 0.3 is 5.97 Å². The van der Waals surface area contributed by atoms with E-state index in [2.05, 4.69) is 15.3 Å². The first-order valence-electron chi connectivity index (χ1n) is 11.2. The van der Waals surface area contributed by atoms with Gasteiger partial charge in [-0.3, -0.25) is 14.9 Å². The van der Waals surface area contributed by atoms with Crippen LogP contribution in [0.5, 0.6) is 0 Å². The zero-order valence-corrected chi connectivity index (χ0v) is 22.6. The van der Waals surface area contributed by atoms with Crippen molar-refractivity contribution in [3.63, 3.8) is 0 Å². The predicted octanol–water partition coefficient (Wildman–Crippen LogP) is 4.16. The molecular formula is C23H21N5O7S3. The number of esters is 1. The number of anilines is 1. The van der Waals surface area contributed by atoms with Crippen LogP contribution in [0.2, 0.25) is 0 Å². The number of thioether (sulfide) groups is 1. The third-order valence-electron chi connectivity index (χ3n) is 5.23. The standard InChI is InChI=1S/C23H21N5O7S3/c1-3-27-18-10-5-14(21(30)35-4-2)11-17(18)25-23(27)36-13-19(29)26-22-24-12-20(37-22)38(33,34)16-8-6-15(7-9-16)28(31)32/h5-12H,3-4,13H2,1-2H3,(H,24,26,29). The van der Waals surface area contributed by atoms with E-state index in [1.54, 1.807) is 25.1 Å². The second-order valence-electron chi connectivity index (χ2n) is 7.64. The summed E-state index contributed by atoms with van der Waals surface area (Å²) in [5.41, 5.74) is 1.57. The first-order chi connectivity index (χ1) is 18.1. The molecule has 0 spiro atoms. The monoisotopic (exact) mass is 575 g/mol. The number of rotatable bonds is 10. The normalized spacial score (nSPS) is 11.4. The summed E-state index contributed by atoms with van der Waals surface area (Å²) in [7, 11) is -3.96. The molecule has 2 aromatic heterocycles. The van der Waals surface area contributed by atoms with Crippen molar-refractivity contribution in [2.45, 2.75) is 34.7 Å². The minimum atomic E-state index is -3.96. The number of carbonyl (C=O) groups is 2. The molecule has 38 heavy (non-hydrogen) atoms. The molecule has 4 rings (SSSR count). The largest absolute Gasteiger partial charge is 0.462 e. The predicted molar refractivity (Wildman–Crippen MR) is 141 cm³/mol. The van der Waals surface area contributed by atoms with Crippen molar-refractivity contribution in [3.8, 4) is 0 Å². The first-order valence-corrected chi connectivity index (χ1v) is 14.5. The average Bonchev–Trinajstić information content (AvgIpc) is 3.51. The highest BCUT2D eigenvalue weighted by Crippen LogP contribution is 2.30. The van der Waals surface area contributed by atoms with Gasteiger partial charge in [0.05, 0.1) is 45.0 Å². The molecule has 4 aromatic rings. The van der Waals surface area contributed by atoms with E-state index in [0.717, 1.165) is 47.3 Å². The number of non-ortho nitro benzene ring substituents is 1. The number of nitrogens with one attached hydrogen (secondary N) is 1. The number of carbonyl (C=O) groups excluding carboxylic acids is 2. The number of thiazole rings is 1. The molecule has 0 unspecified atom stereocenters. The molecular weight excluding hydrogens is 554 g/mol. The quantitative estimate of drug-likeness (QED) is 0.126. The fourth-order valence-corrected chi connectivity index (χ4v) is 6.78. The minimum Gasteiger partial charge on any atom is -0.462 e. The second-order valence-corrected chi connectivity index (χ2v) is 11.8. The Morgan fingerprint density at radius 3 is 2.58 bits per heavy atom. The van der Waals surface area contributed by atoms with Gasteiger partial charge in [-0.15, -0.1) is 0 Å². The van der Waals surface area contributed by atoms with Gasteiger partial charge in [0, 0.05) is 18.7 Å². The minimum absolute atomic E-state index is 0.0158. The summed E-state index contributed by atoms with van der Waals surface area (Å²) < 4.78 is 32.5. The molecule has 0 radical (unpaired) electrons. The molecule has 2 heterocycles. The van der Waals surface area contributed by atoms with Gasteiger partial charge in [-0.1, -0.05) is 23.1 Å². The van der Waals surface area contributed by atoms with Crippen molar-refractivity contribution >= 4 is 66.7 Å². The molecule has 198 valence electrons. The van der Waals surface area contributed by atoms with Gasteiger partial charge in [-0.05, 0) is 44.2 Å². The molecule has 0 aliphatic carbocycles. The molecule has 0 fully saturated rings. The maximum Gasteiger partial charge on any atom is 0.338 e. The van der Waals surface area contributed by atoms with Gasteiger partial charge < -0.3 is 14.6 Å². The summed E-state index contributed by atoms with van der Waals surface area (Å²) in [6, 6.07) is 9.61. The Kier molecular flexibility index (Phi) is 8.08. The molecule has 0 saturated heterocycles. The van der Waals surface area contributed by atoms with Crippen molar-refractivity contribution in [1.82, 2.24) is 14.5 Å². The molecule has 1 N–H and O–H groups in total. The van der Waals surface area contributed by atoms with Gasteiger partial charge in [0.2, 0.25) is 15.7 Å². The number of fused-ring (bicyclic) bond motifs is 1. The third kappa shape index (κ3) is 5.69. The van der Waals surface area contributed by atoms with Crippen LogP contribution in [0.3, 0.4) is 0 Å². The number of nitro groups is 1. The van der Waals surface area contributed by atoms with Crippen LogP contribution >= 0.6 is 23.1 Å². The Hall–Kier alpha value is -3.82. The molecule has 2 aromatic carbocycles. The lowest BCUT2D eigenvalue weighted by molar-refractivity contribution is -0.384. The number of nitrogens with zero attached hydrogens (tertiary/aromatic N) is 4. The number of imidazole rings is 1. The Morgan fingerprint density at radius 2 is 1.92 bits per heavy atom. The number of ether oxygens (including phenoxy) is 1. The molecule has 0 bridgehead atoms. The summed E-state index contributed by atoms with van der Waals surface area (Å²) >= 11 is 1.97. The number of hydrogen-bond donors (Lipinski definition) is 1. The fraction of sp³-hybridized carbons (Fsp3) is 0.217. The summed E-state index contributed by atoms with van der Waals surface area (Å²) in [6.45, 7) is 4.52. The maximum absolute atomic E-state index is 12.8. The Bertz CT molecular complexity index is 1630. The highest BCUT2D eigenvalue weighted by atomic mass is 32.2. The SMILES string of the molecule is CCOC(=O)c1ccc2c(c1)nc(SCC(=O)Nc1ncc(S(=O)(=O)c3ccc([N+](=O)[O-])cc3)s1)n2CC. The van der Waals surface area contributed by atoms with E-state index in [9.17, 15) is 28.1 Å². The van der Waals surface area contributed by atoms with E-state index in [1.807, 2.05) is 11.5 Å². The highest BCUT2D eigenvalue weighted by Gasteiger charge is 2.23. The number of sulfone groups is 1. The van der Waals surface area contributed by atoms with Crippen LogP contribution in [-0.2, 0) is 25.9 Å². The zero-order chi connectivity index (χ0) is 27.4. The second kappa shape index (κ2) is 11.3. The van der Waals surface area contributed by atoms with E-state index >= 15 is 0 Å². The van der Waals surface area contributed by atoms with Crippen LogP contribution in [-0.4, -0.2) is 52.1 Å². The van der Waals surface area contributed by atoms with Crippen molar-refractivity contribution in [3.05, 3.63) is 64.3 Å². The molecule has 12 nitrogen and oxygen atoms in total. The maximum atomic E-state index is 12.8. The fourth-order valence-electron chi connectivity index (χ4n) is 3.45. The van der Waals surface area contributed by atoms with Crippen LogP contribution in [0.4, 0.5) is 10.8 Å². The van der Waals surface area contributed by atoms with Crippen LogP contribution < -0.4 is 5.32 Å². The van der Waals surface area contributed by atoms with E-state index in [4.69, 9.17) is 4.74 Å². The lowest BCUT2D eigenvalue weighted by Crippen LogP contribution is -2.14. The third-order valence-corrected chi connectivity index (χ3v) is 9.35. The van der Waals surface area contributed by atoms with Gasteiger partial charge in [-0.25, -0.2) is 23.2 Å². The van der Waals surface area contributed by atoms with Gasteiger partial charge in [0.1, 0.15) is 4.21 Å². The number of amides is 1. The van der Waals surface area contributed by atoms with Crippen LogP contribution in [0, 0.1) is 10.1 Å². The van der Waals surface area contributed by atoms with Crippen LogP contribution in [0.25, 0.3) is 11.0 Å². The topological polar surface area (TPSA) is 163 Å². The van der Waals surface area contributed by atoms with Crippen molar-refractivity contribution in [2.75, 3.05) is 17.7 Å². The number of aryl methyl sites for hydroxylation is 1. The lowest BCUT2D eigenvalue weighted by Gasteiger charge is -2.06. The summed E-state index contributed by atoms with van der Waals surface area (Å²) in [6.07, 6.45) is 1.13. The summed E-state index contributed by atoms with van der Waals surface area (Å²) in [5.74, 6) is -0.865. The summed E-state index contributed by atoms with van der Waals surface area (Å²) in [4.78, 5) is 43.2. The zero-order valence-electron chi connectivity index (χ0n) is 20.1. The molecule has 0 saturated carbocycles. The van der Waals surface area contributed by atoms with Gasteiger partial charge in [-0.2, -0.15) is 0 Å². The van der Waals surface area contributed by atoms with Gasteiger partial charge in [0.25, 0.3) is 5.69 Å². The number of nitro benzene ring substituents is 1. The number of hydrogen-bond acceptors (Lipinski definition) is 11. The molecule has 0 atom stereocenters. The van der Waals surface area contributed by atoms with Gasteiger partial charge in [0.15, 0.2) is 10.3 Å². The Labute approximate surface area is 225 Å². The van der Waals surface area contributed by atoms with E-state index in [-0.39, 0.29) is 32.3 Å². The van der Waals surface area contributed by atoms with Crippen LogP contribution in [0.15, 0.2) is 62.9 Å². The smallest absolute Gasteiger partial charge is 0.338 e. The van der Waals surface area contributed by atoms with E-state index < -0.39 is 26.6 Å². The molecule has 0 aliphatic rings. The highest BCUT2D eigenvalue weighted by molar-refractivity contribution is 7.99. The molecule has 0 aliphatic heterocycles.